The van der Waals surface area contributed by atoms with Crippen LogP contribution in [0.15, 0.2) is 53.2 Å². The third kappa shape index (κ3) is 4.17. The molecule has 154 valence electrons. The standard InChI is InChI=1S/C22H23N5O3/c1-14-25-20(30-26-14)19-11-15-7-5-6-8-18(15)27(19)17-10-9-16(23-13-17)12-24-21(28)29-22(2,3)4/h5-11,13H,12H2,1-4H3,(H,24,28). The van der Waals surface area contributed by atoms with Crippen molar-refractivity contribution in [3.63, 3.8) is 0 Å². The van der Waals surface area contributed by atoms with Crippen LogP contribution < -0.4 is 5.32 Å². The molecule has 0 radical (unpaired) electrons. The second kappa shape index (κ2) is 7.62. The number of nitrogens with zero attached hydrogens (tertiary/aromatic N) is 4. The van der Waals surface area contributed by atoms with E-state index in [-0.39, 0.29) is 6.54 Å². The lowest BCUT2D eigenvalue weighted by atomic mass is 10.2. The summed E-state index contributed by atoms with van der Waals surface area (Å²) in [5, 5.41) is 7.68. The number of aromatic nitrogens is 4. The summed E-state index contributed by atoms with van der Waals surface area (Å²) in [5.74, 6) is 1.02. The Morgan fingerprint density at radius 3 is 2.67 bits per heavy atom. The van der Waals surface area contributed by atoms with Gasteiger partial charge in [0.2, 0.25) is 0 Å². The van der Waals surface area contributed by atoms with Gasteiger partial charge in [0.15, 0.2) is 5.82 Å². The van der Waals surface area contributed by atoms with Crippen molar-refractivity contribution in [3.8, 4) is 17.3 Å². The van der Waals surface area contributed by atoms with Crippen molar-refractivity contribution in [2.75, 3.05) is 0 Å². The third-order valence-electron chi connectivity index (χ3n) is 4.34. The molecular formula is C22H23N5O3. The van der Waals surface area contributed by atoms with Crippen molar-refractivity contribution >= 4 is 17.0 Å². The molecule has 4 rings (SSSR count). The molecule has 0 saturated heterocycles. The average molecular weight is 405 g/mol. The van der Waals surface area contributed by atoms with Crippen molar-refractivity contribution in [2.24, 2.45) is 0 Å². The van der Waals surface area contributed by atoms with Crippen molar-refractivity contribution in [1.29, 1.82) is 0 Å². The van der Waals surface area contributed by atoms with Gasteiger partial charge in [-0.3, -0.25) is 4.98 Å². The van der Waals surface area contributed by atoms with E-state index in [4.69, 9.17) is 9.26 Å². The molecule has 0 spiro atoms. The topological polar surface area (TPSA) is 95.1 Å². The number of benzene rings is 1. The van der Waals surface area contributed by atoms with E-state index in [9.17, 15) is 4.79 Å². The number of pyridine rings is 1. The summed E-state index contributed by atoms with van der Waals surface area (Å²) in [5.41, 5.74) is 2.82. The number of hydrogen-bond donors (Lipinski definition) is 1. The molecule has 30 heavy (non-hydrogen) atoms. The maximum Gasteiger partial charge on any atom is 0.407 e. The van der Waals surface area contributed by atoms with Crippen LogP contribution in [0, 0.1) is 6.92 Å². The second-order valence-corrected chi connectivity index (χ2v) is 7.93. The maximum absolute atomic E-state index is 11.8. The molecule has 0 aliphatic carbocycles. The zero-order valence-corrected chi connectivity index (χ0v) is 17.3. The molecule has 1 N–H and O–H groups in total. The number of rotatable bonds is 4. The van der Waals surface area contributed by atoms with Gasteiger partial charge in [-0.2, -0.15) is 4.98 Å². The molecule has 0 aliphatic rings. The predicted molar refractivity (Wildman–Crippen MR) is 112 cm³/mol. The largest absolute Gasteiger partial charge is 0.444 e. The van der Waals surface area contributed by atoms with Crippen LogP contribution in [0.2, 0.25) is 0 Å². The highest BCUT2D eigenvalue weighted by atomic mass is 16.6. The highest BCUT2D eigenvalue weighted by Crippen LogP contribution is 2.30. The highest BCUT2D eigenvalue weighted by molar-refractivity contribution is 5.87. The number of ether oxygens (including phenoxy) is 1. The summed E-state index contributed by atoms with van der Waals surface area (Å²) in [4.78, 5) is 20.7. The van der Waals surface area contributed by atoms with Crippen LogP contribution in [-0.2, 0) is 11.3 Å². The molecule has 4 aromatic rings. The Hall–Kier alpha value is -3.68. The first-order valence-electron chi connectivity index (χ1n) is 9.63. The van der Waals surface area contributed by atoms with E-state index in [1.807, 2.05) is 67.8 Å². The van der Waals surface area contributed by atoms with E-state index in [2.05, 4.69) is 20.4 Å². The Balaban J connectivity index is 1.62. The number of carbonyl (C=O) groups excluding carboxylic acids is 1. The van der Waals surface area contributed by atoms with Crippen LogP contribution in [0.1, 0.15) is 32.3 Å². The lowest BCUT2D eigenvalue weighted by Crippen LogP contribution is -2.32. The van der Waals surface area contributed by atoms with Gasteiger partial charge >= 0.3 is 6.09 Å². The molecule has 0 bridgehead atoms. The van der Waals surface area contributed by atoms with E-state index < -0.39 is 11.7 Å². The van der Waals surface area contributed by atoms with Crippen molar-refractivity contribution in [3.05, 3.63) is 60.2 Å². The lowest BCUT2D eigenvalue weighted by molar-refractivity contribution is 0.0523. The molecular weight excluding hydrogens is 382 g/mol. The molecule has 3 aromatic heterocycles. The normalized spacial score (nSPS) is 11.6. The number of aryl methyl sites for hydroxylation is 1. The molecule has 0 unspecified atom stereocenters. The quantitative estimate of drug-likeness (QED) is 0.540. The number of amides is 1. The second-order valence-electron chi connectivity index (χ2n) is 7.93. The minimum atomic E-state index is -0.541. The minimum absolute atomic E-state index is 0.275. The molecule has 3 heterocycles. The van der Waals surface area contributed by atoms with Gasteiger partial charge in [-0.25, -0.2) is 4.79 Å². The monoisotopic (exact) mass is 405 g/mol. The van der Waals surface area contributed by atoms with Gasteiger partial charge in [-0.15, -0.1) is 0 Å². The zero-order valence-electron chi connectivity index (χ0n) is 17.3. The van der Waals surface area contributed by atoms with Gasteiger partial charge in [-0.05, 0) is 52.0 Å². The van der Waals surface area contributed by atoms with Crippen LogP contribution in [0.4, 0.5) is 4.79 Å². The molecule has 0 atom stereocenters. The molecule has 8 nitrogen and oxygen atoms in total. The summed E-state index contributed by atoms with van der Waals surface area (Å²) >= 11 is 0. The summed E-state index contributed by atoms with van der Waals surface area (Å²) in [6, 6.07) is 13.8. The summed E-state index contributed by atoms with van der Waals surface area (Å²) in [6.07, 6.45) is 1.28. The number of hydrogen-bond acceptors (Lipinski definition) is 6. The first kappa shape index (κ1) is 19.6. The average Bonchev–Trinajstić information content (AvgIpc) is 3.29. The van der Waals surface area contributed by atoms with Gasteiger partial charge < -0.3 is 19.1 Å². The fraction of sp³-hybridized carbons (Fsp3) is 0.273. The Labute approximate surface area is 173 Å². The minimum Gasteiger partial charge on any atom is -0.444 e. The van der Waals surface area contributed by atoms with Gasteiger partial charge in [0.1, 0.15) is 11.3 Å². The van der Waals surface area contributed by atoms with Crippen LogP contribution in [0.25, 0.3) is 28.2 Å². The van der Waals surface area contributed by atoms with Crippen LogP contribution in [-0.4, -0.2) is 31.4 Å². The van der Waals surface area contributed by atoms with Crippen LogP contribution in [0.3, 0.4) is 0 Å². The van der Waals surface area contributed by atoms with Gasteiger partial charge in [-0.1, -0.05) is 23.4 Å². The Morgan fingerprint density at radius 2 is 2.00 bits per heavy atom. The van der Waals surface area contributed by atoms with Crippen LogP contribution in [0.5, 0.6) is 0 Å². The molecule has 1 aromatic carbocycles. The number of nitrogens with one attached hydrogen (secondary N) is 1. The first-order chi connectivity index (χ1) is 14.3. The van der Waals surface area contributed by atoms with Crippen LogP contribution >= 0.6 is 0 Å². The van der Waals surface area contributed by atoms with E-state index in [1.54, 1.807) is 13.1 Å². The molecule has 8 heteroatoms. The number of alkyl carbamates (subject to hydrolysis) is 1. The zero-order chi connectivity index (χ0) is 21.3. The fourth-order valence-electron chi connectivity index (χ4n) is 3.12. The predicted octanol–water partition coefficient (Wildman–Crippen LogP) is 4.41. The van der Waals surface area contributed by atoms with E-state index in [0.29, 0.717) is 11.7 Å². The van der Waals surface area contributed by atoms with Crippen molar-refractivity contribution < 1.29 is 14.1 Å². The molecule has 0 aliphatic heterocycles. The first-order valence-corrected chi connectivity index (χ1v) is 9.63. The SMILES string of the molecule is Cc1noc(-c2cc3ccccc3n2-c2ccc(CNC(=O)OC(C)(C)C)nc2)n1. The molecule has 0 fully saturated rings. The number of carbonyl (C=O) groups is 1. The van der Waals surface area contributed by atoms with E-state index >= 15 is 0 Å². The van der Waals surface area contributed by atoms with E-state index in [0.717, 1.165) is 28.0 Å². The molecule has 1 amide bonds. The smallest absolute Gasteiger partial charge is 0.407 e. The Kier molecular flexibility index (Phi) is 4.99. The third-order valence-corrected chi connectivity index (χ3v) is 4.34. The van der Waals surface area contributed by atoms with Gasteiger partial charge in [0, 0.05) is 5.39 Å². The maximum atomic E-state index is 11.8. The fourth-order valence-corrected chi connectivity index (χ4v) is 3.12. The van der Waals surface area contributed by atoms with Gasteiger partial charge in [0.25, 0.3) is 5.89 Å². The Morgan fingerprint density at radius 1 is 1.20 bits per heavy atom. The summed E-state index contributed by atoms with van der Waals surface area (Å²) in [6.45, 7) is 7.53. The lowest BCUT2D eigenvalue weighted by Gasteiger charge is -2.19. The number of para-hydroxylation sites is 1. The number of fused-ring (bicyclic) bond motifs is 1. The summed E-state index contributed by atoms with van der Waals surface area (Å²) < 4.78 is 12.7. The molecule has 0 saturated carbocycles. The van der Waals surface area contributed by atoms with Crippen molar-refractivity contribution in [2.45, 2.75) is 39.8 Å². The Bertz CT molecular complexity index is 1190. The summed E-state index contributed by atoms with van der Waals surface area (Å²) in [7, 11) is 0. The highest BCUT2D eigenvalue weighted by Gasteiger charge is 2.18. The van der Waals surface area contributed by atoms with Crippen molar-refractivity contribution in [1.82, 2.24) is 25.0 Å². The van der Waals surface area contributed by atoms with Gasteiger partial charge in [0.05, 0.1) is 29.6 Å². The van der Waals surface area contributed by atoms with E-state index in [1.165, 1.54) is 0 Å².